The van der Waals surface area contributed by atoms with E-state index in [4.69, 9.17) is 4.42 Å². The number of para-hydroxylation sites is 1. The Morgan fingerprint density at radius 3 is 2.88 bits per heavy atom. The van der Waals surface area contributed by atoms with E-state index in [0.29, 0.717) is 0 Å². The third kappa shape index (κ3) is 4.75. The van der Waals surface area contributed by atoms with Crippen LogP contribution < -0.4 is 10.6 Å². The van der Waals surface area contributed by atoms with Crippen molar-refractivity contribution in [2.45, 2.75) is 32.9 Å². The van der Waals surface area contributed by atoms with Gasteiger partial charge >= 0.3 is 0 Å². The van der Waals surface area contributed by atoms with Gasteiger partial charge in [0.25, 0.3) is 0 Å². The summed E-state index contributed by atoms with van der Waals surface area (Å²) in [5.74, 6) is 2.61. The van der Waals surface area contributed by atoms with E-state index in [2.05, 4.69) is 45.7 Å². The predicted molar refractivity (Wildman–Crippen MR) is 114 cm³/mol. The van der Waals surface area contributed by atoms with Gasteiger partial charge in [-0.3, -0.25) is 4.99 Å². The van der Waals surface area contributed by atoms with Crippen LogP contribution in [0.4, 0.5) is 0 Å². The van der Waals surface area contributed by atoms with Crippen LogP contribution in [0.25, 0.3) is 11.0 Å². The van der Waals surface area contributed by atoms with E-state index in [9.17, 15) is 0 Å². The fourth-order valence-electron chi connectivity index (χ4n) is 2.72. The highest BCUT2D eigenvalue weighted by molar-refractivity contribution is 14.0. The molecule has 0 spiro atoms. The molecule has 140 valence electrons. The molecule has 7 nitrogen and oxygen atoms in total. The van der Waals surface area contributed by atoms with E-state index in [1.807, 2.05) is 28.8 Å². The molecule has 0 aliphatic rings. The predicted octanol–water partition coefficient (Wildman–Crippen LogP) is 3.13. The van der Waals surface area contributed by atoms with Gasteiger partial charge in [0.15, 0.2) is 5.96 Å². The second-order valence-corrected chi connectivity index (χ2v) is 5.85. The topological polar surface area (TPSA) is 80.3 Å². The van der Waals surface area contributed by atoms with E-state index < -0.39 is 0 Å². The van der Waals surface area contributed by atoms with Crippen LogP contribution in [0.5, 0.6) is 0 Å². The summed E-state index contributed by atoms with van der Waals surface area (Å²) in [6, 6.07) is 10.1. The number of fused-ring (bicyclic) bond motifs is 1. The summed E-state index contributed by atoms with van der Waals surface area (Å²) in [7, 11) is 1.76. The first kappa shape index (κ1) is 20.2. The van der Waals surface area contributed by atoms with Crippen molar-refractivity contribution >= 4 is 40.9 Å². The monoisotopic (exact) mass is 468 g/mol. The number of aromatic nitrogens is 3. The smallest absolute Gasteiger partial charge is 0.191 e. The van der Waals surface area contributed by atoms with Gasteiger partial charge in [-0.1, -0.05) is 25.1 Å². The van der Waals surface area contributed by atoms with E-state index in [1.54, 1.807) is 13.4 Å². The zero-order valence-electron chi connectivity index (χ0n) is 15.3. The number of nitrogens with zero attached hydrogens (tertiary/aromatic N) is 4. The molecular formula is C18H25IN6O. The number of furan rings is 1. The van der Waals surface area contributed by atoms with Gasteiger partial charge in [0.1, 0.15) is 23.5 Å². The Kier molecular flexibility index (Phi) is 7.43. The Hall–Kier alpha value is -2.10. The second kappa shape index (κ2) is 9.56. The number of halogens is 1. The van der Waals surface area contributed by atoms with Crippen LogP contribution in [-0.4, -0.2) is 34.3 Å². The minimum absolute atomic E-state index is 0. The summed E-state index contributed by atoms with van der Waals surface area (Å²) in [4.78, 5) is 4.28. The lowest BCUT2D eigenvalue weighted by Gasteiger charge is -2.16. The van der Waals surface area contributed by atoms with Crippen LogP contribution in [0.2, 0.25) is 0 Å². The second-order valence-electron chi connectivity index (χ2n) is 5.85. The van der Waals surface area contributed by atoms with Gasteiger partial charge in [-0.2, -0.15) is 0 Å². The Morgan fingerprint density at radius 1 is 1.35 bits per heavy atom. The zero-order chi connectivity index (χ0) is 17.6. The normalized spacial score (nSPS) is 12.7. The maximum absolute atomic E-state index is 5.90. The van der Waals surface area contributed by atoms with Gasteiger partial charge in [0, 0.05) is 31.9 Å². The number of aliphatic imine (C=N–C) groups is 1. The van der Waals surface area contributed by atoms with E-state index in [0.717, 1.165) is 48.0 Å². The molecule has 3 aromatic rings. The molecule has 2 N–H and O–H groups in total. The van der Waals surface area contributed by atoms with Crippen molar-refractivity contribution < 1.29 is 4.42 Å². The van der Waals surface area contributed by atoms with Gasteiger partial charge in [-0.15, -0.1) is 34.2 Å². The highest BCUT2D eigenvalue weighted by Gasteiger charge is 2.13. The molecule has 2 heterocycles. The molecule has 1 unspecified atom stereocenters. The first-order valence-electron chi connectivity index (χ1n) is 8.53. The highest BCUT2D eigenvalue weighted by atomic mass is 127. The maximum Gasteiger partial charge on any atom is 0.191 e. The molecule has 26 heavy (non-hydrogen) atoms. The molecule has 0 saturated heterocycles. The lowest BCUT2D eigenvalue weighted by Crippen LogP contribution is -2.40. The standard InChI is InChI=1S/C18H24N6O.HI/c1-4-17-23-21-12-24(17)10-9-20-18(19-3)22-13(2)16-11-14-7-5-6-8-15(14)25-16;/h5-8,11-13H,4,9-10H2,1-3H3,(H2,19,20,22);1H. The molecule has 0 aliphatic heterocycles. The Morgan fingerprint density at radius 2 is 2.15 bits per heavy atom. The van der Waals surface area contributed by atoms with Crippen LogP contribution in [0.15, 0.2) is 46.1 Å². The summed E-state index contributed by atoms with van der Waals surface area (Å²) in [5.41, 5.74) is 0.897. The number of benzene rings is 1. The molecule has 0 aliphatic carbocycles. The summed E-state index contributed by atoms with van der Waals surface area (Å²) in [5, 5.41) is 15.8. The number of hydrogen-bond acceptors (Lipinski definition) is 4. The summed E-state index contributed by atoms with van der Waals surface area (Å²) < 4.78 is 7.95. The summed E-state index contributed by atoms with van der Waals surface area (Å²) in [6.45, 7) is 5.65. The fraction of sp³-hybridized carbons (Fsp3) is 0.389. The van der Waals surface area contributed by atoms with Gasteiger partial charge in [-0.25, -0.2) is 0 Å². The first-order chi connectivity index (χ1) is 12.2. The molecule has 0 bridgehead atoms. The van der Waals surface area contributed by atoms with Crippen LogP contribution in [-0.2, 0) is 13.0 Å². The van der Waals surface area contributed by atoms with Crippen LogP contribution >= 0.6 is 24.0 Å². The molecule has 2 aromatic heterocycles. The molecule has 8 heteroatoms. The lowest BCUT2D eigenvalue weighted by molar-refractivity contribution is 0.487. The van der Waals surface area contributed by atoms with Crippen molar-refractivity contribution in [3.63, 3.8) is 0 Å². The van der Waals surface area contributed by atoms with Crippen molar-refractivity contribution in [3.05, 3.63) is 48.2 Å². The number of guanidine groups is 1. The van der Waals surface area contributed by atoms with Gasteiger partial charge in [0.05, 0.1) is 6.04 Å². The van der Waals surface area contributed by atoms with Gasteiger partial charge < -0.3 is 19.6 Å². The highest BCUT2D eigenvalue weighted by Crippen LogP contribution is 2.23. The molecule has 0 amide bonds. The largest absolute Gasteiger partial charge is 0.459 e. The van der Waals surface area contributed by atoms with Crippen molar-refractivity contribution in [2.24, 2.45) is 4.99 Å². The van der Waals surface area contributed by atoms with Crippen molar-refractivity contribution in [2.75, 3.05) is 13.6 Å². The van der Waals surface area contributed by atoms with Crippen molar-refractivity contribution in [1.29, 1.82) is 0 Å². The van der Waals surface area contributed by atoms with Gasteiger partial charge in [-0.05, 0) is 19.1 Å². The van der Waals surface area contributed by atoms with Crippen LogP contribution in [0, 0.1) is 0 Å². The Bertz CT molecular complexity index is 823. The lowest BCUT2D eigenvalue weighted by atomic mass is 10.2. The maximum atomic E-state index is 5.90. The number of nitrogens with one attached hydrogen (secondary N) is 2. The number of hydrogen-bond donors (Lipinski definition) is 2. The SMILES string of the molecule is CCc1nncn1CCNC(=NC)NC(C)c1cc2ccccc2o1.I. The molecule has 0 saturated carbocycles. The average molecular weight is 468 g/mol. The molecule has 1 aromatic carbocycles. The molecule has 0 fully saturated rings. The van der Waals surface area contributed by atoms with Crippen LogP contribution in [0.3, 0.4) is 0 Å². The van der Waals surface area contributed by atoms with Crippen LogP contribution in [0.1, 0.15) is 31.5 Å². The van der Waals surface area contributed by atoms with E-state index in [1.165, 1.54) is 0 Å². The summed E-state index contributed by atoms with van der Waals surface area (Å²) >= 11 is 0. The first-order valence-corrected chi connectivity index (χ1v) is 8.53. The molecule has 0 radical (unpaired) electrons. The number of rotatable bonds is 6. The van der Waals surface area contributed by atoms with E-state index in [-0.39, 0.29) is 30.0 Å². The Balaban J connectivity index is 0.00000243. The molecule has 1 atom stereocenters. The molecule has 3 rings (SSSR count). The third-order valence-corrected chi connectivity index (χ3v) is 4.11. The Labute approximate surface area is 170 Å². The quantitative estimate of drug-likeness (QED) is 0.330. The van der Waals surface area contributed by atoms with Crippen molar-refractivity contribution in [3.8, 4) is 0 Å². The minimum Gasteiger partial charge on any atom is -0.459 e. The third-order valence-electron chi connectivity index (χ3n) is 4.11. The van der Waals surface area contributed by atoms with Gasteiger partial charge in [0.2, 0.25) is 0 Å². The average Bonchev–Trinajstić information content (AvgIpc) is 3.26. The minimum atomic E-state index is 0. The zero-order valence-corrected chi connectivity index (χ0v) is 17.6. The number of aryl methyl sites for hydroxylation is 1. The van der Waals surface area contributed by atoms with Crippen molar-refractivity contribution in [1.82, 2.24) is 25.4 Å². The molecular weight excluding hydrogens is 443 g/mol. The summed E-state index contributed by atoms with van der Waals surface area (Å²) in [6.07, 6.45) is 2.63. The van der Waals surface area contributed by atoms with E-state index >= 15 is 0 Å². The fourth-order valence-corrected chi connectivity index (χ4v) is 2.72.